The van der Waals surface area contributed by atoms with Gasteiger partial charge in [0.1, 0.15) is 32.9 Å². The summed E-state index contributed by atoms with van der Waals surface area (Å²) in [6.45, 7) is 31.0. The number of hydrogen-bond acceptors (Lipinski definition) is 2. The number of unbranched alkanes of at least 4 members (excludes halogenated alkanes) is 1. The van der Waals surface area contributed by atoms with Gasteiger partial charge in [0.2, 0.25) is 0 Å². The first-order valence-corrected chi connectivity index (χ1v) is 23.7. The van der Waals surface area contributed by atoms with Crippen LogP contribution in [0.15, 0.2) is 4.99 Å². The van der Waals surface area contributed by atoms with Crippen molar-refractivity contribution in [2.24, 2.45) is 4.99 Å². The van der Waals surface area contributed by atoms with Crippen molar-refractivity contribution in [3.63, 3.8) is 0 Å². The summed E-state index contributed by atoms with van der Waals surface area (Å²) < 4.78 is 2.88. The Labute approximate surface area is 162 Å². The van der Waals surface area contributed by atoms with Crippen LogP contribution in [0.25, 0.3) is 0 Å². The molecule has 0 rings (SSSR count). The van der Waals surface area contributed by atoms with Crippen molar-refractivity contribution in [2.75, 3.05) is 13.1 Å². The molecule has 0 aromatic rings. The van der Waals surface area contributed by atoms with Crippen molar-refractivity contribution in [3.8, 4) is 0 Å². The van der Waals surface area contributed by atoms with Gasteiger partial charge in [0, 0.05) is 6.54 Å². The maximum atomic E-state index is 4.88. The molecular weight excluding hydrogens is 373 g/mol. The molecule has 0 aromatic heterocycles. The Kier molecular flexibility index (Phi) is 9.38. The first kappa shape index (κ1) is 25.1. The van der Waals surface area contributed by atoms with Crippen LogP contribution in [0.2, 0.25) is 78.6 Å². The SMILES string of the molecule is C[Si](C)(C)NC(=NCCCCN([Si](C)(C)C)[Si](C)(C)C)N[Si](C)(C)C. The molecule has 0 bridgehead atoms. The van der Waals surface area contributed by atoms with E-state index in [1.807, 2.05) is 0 Å². The van der Waals surface area contributed by atoms with Crippen LogP contribution in [0.3, 0.4) is 0 Å². The first-order valence-electron chi connectivity index (χ1n) is 9.80. The molecule has 2 N–H and O–H groups in total. The van der Waals surface area contributed by atoms with E-state index >= 15 is 0 Å². The minimum Gasteiger partial charge on any atom is -0.383 e. The van der Waals surface area contributed by atoms with E-state index in [-0.39, 0.29) is 0 Å². The summed E-state index contributed by atoms with van der Waals surface area (Å²) in [5.41, 5.74) is 0. The summed E-state index contributed by atoms with van der Waals surface area (Å²) in [7, 11) is -5.19. The van der Waals surface area contributed by atoms with E-state index < -0.39 is 32.9 Å². The van der Waals surface area contributed by atoms with Crippen LogP contribution in [0.5, 0.6) is 0 Å². The molecule has 150 valence electrons. The molecule has 0 aromatic carbocycles. The highest BCUT2D eigenvalue weighted by Gasteiger charge is 2.33. The van der Waals surface area contributed by atoms with Crippen molar-refractivity contribution in [2.45, 2.75) is 91.4 Å². The van der Waals surface area contributed by atoms with Gasteiger partial charge in [-0.2, -0.15) is 0 Å². The quantitative estimate of drug-likeness (QED) is 0.241. The molecule has 0 aliphatic carbocycles. The molecule has 0 radical (unpaired) electrons. The van der Waals surface area contributed by atoms with Crippen molar-refractivity contribution >= 4 is 38.9 Å². The Hall–Kier alpha value is 0.0975. The monoisotopic (exact) mass is 418 g/mol. The molecule has 0 fully saturated rings. The Morgan fingerprint density at radius 1 is 0.680 bits per heavy atom. The summed E-state index contributed by atoms with van der Waals surface area (Å²) >= 11 is 0. The number of rotatable bonds is 9. The minimum absolute atomic E-state index is 0.926. The fourth-order valence-electron chi connectivity index (χ4n) is 3.07. The van der Waals surface area contributed by atoms with E-state index in [1.54, 1.807) is 0 Å². The van der Waals surface area contributed by atoms with Gasteiger partial charge in [-0.3, -0.25) is 4.99 Å². The van der Waals surface area contributed by atoms with Gasteiger partial charge >= 0.3 is 0 Å². The smallest absolute Gasteiger partial charge is 0.174 e. The van der Waals surface area contributed by atoms with E-state index in [9.17, 15) is 0 Å². The Bertz CT molecular complexity index is 394. The Balaban J connectivity index is 4.68. The average Bonchev–Trinajstić information content (AvgIpc) is 2.25. The number of guanidine groups is 1. The van der Waals surface area contributed by atoms with Crippen LogP contribution in [0.4, 0.5) is 0 Å². The van der Waals surface area contributed by atoms with Crippen LogP contribution in [0.1, 0.15) is 12.8 Å². The lowest BCUT2D eigenvalue weighted by Crippen LogP contribution is -2.59. The van der Waals surface area contributed by atoms with E-state index in [1.165, 1.54) is 19.4 Å². The van der Waals surface area contributed by atoms with Gasteiger partial charge in [-0.05, 0) is 19.4 Å². The molecule has 25 heavy (non-hydrogen) atoms. The second kappa shape index (κ2) is 9.34. The molecular formula is C17H46N4Si4. The summed E-state index contributed by atoms with van der Waals surface area (Å²) in [4.78, 5) is 12.2. The molecule has 0 amide bonds. The normalized spacial score (nSPS) is 13.8. The third kappa shape index (κ3) is 13.0. The predicted molar refractivity (Wildman–Crippen MR) is 128 cm³/mol. The molecule has 8 heteroatoms. The highest BCUT2D eigenvalue weighted by Crippen LogP contribution is 2.20. The molecule has 0 saturated heterocycles. The summed E-state index contributed by atoms with van der Waals surface area (Å²) in [6, 6.07) is 0. The molecule has 0 spiro atoms. The number of hydrogen-bond donors (Lipinski definition) is 2. The van der Waals surface area contributed by atoms with Gasteiger partial charge in [0.15, 0.2) is 5.96 Å². The second-order valence-corrected chi connectivity index (χ2v) is 30.9. The number of nitrogens with zero attached hydrogens (tertiary/aromatic N) is 2. The lowest BCUT2D eigenvalue weighted by atomic mass is 10.3. The van der Waals surface area contributed by atoms with Gasteiger partial charge in [-0.1, -0.05) is 78.6 Å². The lowest BCUT2D eigenvalue weighted by molar-refractivity contribution is 0.565. The standard InChI is InChI=1S/C17H46N4Si4/c1-22(2,3)19-17(20-23(4,5)6)18-15-13-14-16-21(24(7,8)9)25(10,11)12/h13-16H2,1-12H3,(H2,18,19,20). The van der Waals surface area contributed by atoms with Crippen LogP contribution >= 0.6 is 0 Å². The number of aliphatic imine (C=N–C) groups is 1. The summed E-state index contributed by atoms with van der Waals surface area (Å²) in [5, 5.41) is 0. The topological polar surface area (TPSA) is 39.7 Å². The zero-order valence-electron chi connectivity index (χ0n) is 19.2. The van der Waals surface area contributed by atoms with Crippen LogP contribution < -0.4 is 9.96 Å². The molecule has 4 nitrogen and oxygen atoms in total. The summed E-state index contributed by atoms with van der Waals surface area (Å²) in [6.07, 6.45) is 2.43. The maximum absolute atomic E-state index is 4.88. The van der Waals surface area contributed by atoms with Gasteiger partial charge in [-0.25, -0.2) is 0 Å². The van der Waals surface area contributed by atoms with E-state index in [0.717, 1.165) is 12.5 Å². The Morgan fingerprint density at radius 3 is 1.40 bits per heavy atom. The molecule has 0 atom stereocenters. The molecule has 0 heterocycles. The largest absolute Gasteiger partial charge is 0.383 e. The van der Waals surface area contributed by atoms with E-state index in [4.69, 9.17) is 4.99 Å². The van der Waals surface area contributed by atoms with Crippen molar-refractivity contribution < 1.29 is 0 Å². The Morgan fingerprint density at radius 2 is 1.08 bits per heavy atom. The van der Waals surface area contributed by atoms with Gasteiger partial charge < -0.3 is 14.2 Å². The second-order valence-electron chi connectivity index (χ2n) is 11.2. The van der Waals surface area contributed by atoms with E-state index in [2.05, 4.69) is 92.8 Å². The van der Waals surface area contributed by atoms with Crippen molar-refractivity contribution in [3.05, 3.63) is 0 Å². The highest BCUT2D eigenvalue weighted by atomic mass is 28.4. The van der Waals surface area contributed by atoms with Gasteiger partial charge in [0.05, 0.1) is 0 Å². The molecule has 0 saturated carbocycles. The molecule has 0 aliphatic rings. The predicted octanol–water partition coefficient (Wildman–Crippen LogP) is 4.94. The lowest BCUT2D eigenvalue weighted by Gasteiger charge is -2.43. The zero-order valence-corrected chi connectivity index (χ0v) is 23.2. The van der Waals surface area contributed by atoms with E-state index in [0.29, 0.717) is 0 Å². The minimum atomic E-state index is -1.37. The van der Waals surface area contributed by atoms with Crippen LogP contribution in [0, 0.1) is 0 Å². The molecule has 0 unspecified atom stereocenters. The zero-order chi connectivity index (χ0) is 20.1. The first-order chi connectivity index (χ1) is 10.9. The third-order valence-corrected chi connectivity index (χ3v) is 13.4. The fourth-order valence-corrected chi connectivity index (χ4v) is 14.6. The van der Waals surface area contributed by atoms with Crippen LogP contribution in [-0.2, 0) is 0 Å². The maximum Gasteiger partial charge on any atom is 0.174 e. The van der Waals surface area contributed by atoms with Gasteiger partial charge in [-0.15, -0.1) is 0 Å². The fraction of sp³-hybridized carbons (Fsp3) is 0.941. The van der Waals surface area contributed by atoms with Gasteiger partial charge in [0.25, 0.3) is 0 Å². The summed E-state index contributed by atoms with van der Waals surface area (Å²) in [5.74, 6) is 1.05. The average molecular weight is 419 g/mol. The number of nitrogens with one attached hydrogen (secondary N) is 2. The van der Waals surface area contributed by atoms with Crippen molar-refractivity contribution in [1.29, 1.82) is 0 Å². The third-order valence-electron chi connectivity index (χ3n) is 3.67. The van der Waals surface area contributed by atoms with Crippen molar-refractivity contribution in [1.82, 2.24) is 14.2 Å². The molecule has 0 aliphatic heterocycles. The van der Waals surface area contributed by atoms with Crippen LogP contribution in [-0.4, -0.2) is 56.2 Å². The highest BCUT2D eigenvalue weighted by molar-refractivity contribution is 6.89.